The standard InChI is InChI=1S/C23H28N4O4.C18H20N4O2/c1-16(28)18-12-8-9-13-21(18)30-15-20(26-27-24)19(14-17-10-6-5-7-11-17)25-22(29)31-23(2,3)4;1-13(23)15-9-5-6-10-18(15)24-12-17(21-22-20)16(19)11-14-7-3-2-4-8-14/h5-13,19-20H,14-15H2,1-4H3,(H,25,29);2-10,16-17H,11-12,19H2,1H3/t19-,20+;16-,17+/m00/s1. The van der Waals surface area contributed by atoms with Crippen LogP contribution < -0.4 is 20.5 Å². The Morgan fingerprint density at radius 2 is 1.09 bits per heavy atom. The number of nitrogens with one attached hydrogen (secondary N) is 1. The maximum Gasteiger partial charge on any atom is 0.407 e. The molecule has 4 aromatic carbocycles. The van der Waals surface area contributed by atoms with Gasteiger partial charge in [0.05, 0.1) is 36.4 Å². The molecule has 0 bridgehead atoms. The van der Waals surface area contributed by atoms with E-state index in [1.165, 1.54) is 13.8 Å². The van der Waals surface area contributed by atoms with Crippen LogP contribution in [0, 0.1) is 0 Å². The zero-order valence-corrected chi connectivity index (χ0v) is 31.7. The quantitative estimate of drug-likeness (QED) is 0.0463. The van der Waals surface area contributed by atoms with E-state index in [0.717, 1.165) is 11.1 Å². The van der Waals surface area contributed by atoms with E-state index in [9.17, 15) is 14.4 Å². The summed E-state index contributed by atoms with van der Waals surface area (Å²) >= 11 is 0. The molecule has 1 amide bonds. The van der Waals surface area contributed by atoms with Crippen molar-refractivity contribution in [1.82, 2.24) is 5.32 Å². The second-order valence-corrected chi connectivity index (χ2v) is 13.6. The fourth-order valence-electron chi connectivity index (χ4n) is 5.35. The molecule has 14 nitrogen and oxygen atoms in total. The summed E-state index contributed by atoms with van der Waals surface area (Å²) in [5.74, 6) is 0.641. The number of ether oxygens (including phenoxy) is 3. The SMILES string of the molecule is CC(=O)c1ccccc1OC[C@@H](N=[N+]=[N-])[C@@H](N)Cc1ccccc1.CC(=O)c1ccccc1OC[C@@H](N=[N+]=[N-])[C@H](Cc1ccccc1)NC(=O)OC(C)(C)C. The van der Waals surface area contributed by atoms with Crippen LogP contribution in [0.4, 0.5) is 4.79 Å². The molecule has 0 aromatic heterocycles. The Morgan fingerprint density at radius 1 is 0.673 bits per heavy atom. The average Bonchev–Trinajstić information content (AvgIpc) is 3.15. The number of alkyl carbamates (subject to hydrolysis) is 1. The normalized spacial score (nSPS) is 12.8. The Balaban J connectivity index is 0.000000305. The molecular formula is C41H48N8O6. The van der Waals surface area contributed by atoms with Crippen LogP contribution in [-0.4, -0.2) is 60.6 Å². The van der Waals surface area contributed by atoms with Crippen LogP contribution in [0.25, 0.3) is 20.9 Å². The van der Waals surface area contributed by atoms with Gasteiger partial charge in [-0.15, -0.1) is 0 Å². The number of ketones is 2. The summed E-state index contributed by atoms with van der Waals surface area (Å²) in [5.41, 5.74) is 26.4. The van der Waals surface area contributed by atoms with Crippen LogP contribution in [0.15, 0.2) is 119 Å². The highest BCUT2D eigenvalue weighted by atomic mass is 16.6. The van der Waals surface area contributed by atoms with Crippen LogP contribution in [0.1, 0.15) is 66.5 Å². The smallest absolute Gasteiger partial charge is 0.407 e. The van der Waals surface area contributed by atoms with Crippen LogP contribution >= 0.6 is 0 Å². The van der Waals surface area contributed by atoms with Gasteiger partial charge in [-0.1, -0.05) is 95.2 Å². The highest BCUT2D eigenvalue weighted by molar-refractivity contribution is 5.97. The molecule has 0 radical (unpaired) electrons. The summed E-state index contributed by atoms with van der Waals surface area (Å²) < 4.78 is 16.9. The number of para-hydroxylation sites is 2. The predicted octanol–water partition coefficient (Wildman–Crippen LogP) is 8.60. The third-order valence-electron chi connectivity index (χ3n) is 8.03. The number of azide groups is 2. The molecule has 3 N–H and O–H groups in total. The molecule has 0 saturated heterocycles. The van der Waals surface area contributed by atoms with Gasteiger partial charge in [-0.25, -0.2) is 4.79 Å². The number of carbonyl (C=O) groups excluding carboxylic acids is 3. The van der Waals surface area contributed by atoms with Gasteiger partial charge >= 0.3 is 6.09 Å². The first kappa shape index (κ1) is 43.1. The topological polar surface area (TPSA) is 214 Å². The molecule has 0 spiro atoms. The summed E-state index contributed by atoms with van der Waals surface area (Å²) in [6.45, 7) is 8.33. The van der Waals surface area contributed by atoms with E-state index in [1.54, 1.807) is 69.3 Å². The first-order chi connectivity index (χ1) is 26.3. The maximum atomic E-state index is 12.4. The third kappa shape index (κ3) is 15.3. The first-order valence-corrected chi connectivity index (χ1v) is 17.7. The van der Waals surface area contributed by atoms with Gasteiger partial charge in [0.15, 0.2) is 11.6 Å². The van der Waals surface area contributed by atoms with E-state index in [0.29, 0.717) is 35.5 Å². The van der Waals surface area contributed by atoms with E-state index in [4.69, 9.17) is 31.0 Å². The minimum absolute atomic E-state index is 0.0261. The van der Waals surface area contributed by atoms with E-state index >= 15 is 0 Å². The summed E-state index contributed by atoms with van der Waals surface area (Å²) in [6, 6.07) is 30.8. The minimum atomic E-state index is -0.738. The number of hydrogen-bond acceptors (Lipinski definition) is 9. The molecule has 14 heteroatoms. The molecule has 0 heterocycles. The van der Waals surface area contributed by atoms with Gasteiger partial charge < -0.3 is 25.3 Å². The molecule has 0 unspecified atom stereocenters. The number of hydrogen-bond donors (Lipinski definition) is 2. The van der Waals surface area contributed by atoms with Gasteiger partial charge in [-0.3, -0.25) is 9.59 Å². The summed E-state index contributed by atoms with van der Waals surface area (Å²) in [4.78, 5) is 41.7. The molecule has 0 saturated carbocycles. The Hall–Kier alpha value is -6.33. The zero-order valence-electron chi connectivity index (χ0n) is 31.7. The third-order valence-corrected chi connectivity index (χ3v) is 8.03. The molecular weight excluding hydrogens is 701 g/mol. The molecule has 4 atom stereocenters. The summed E-state index contributed by atoms with van der Waals surface area (Å²) in [5, 5.41) is 10.4. The van der Waals surface area contributed by atoms with Crippen molar-refractivity contribution >= 4 is 17.7 Å². The molecule has 0 aliphatic heterocycles. The highest BCUT2D eigenvalue weighted by Crippen LogP contribution is 2.21. The van der Waals surface area contributed by atoms with Crippen molar-refractivity contribution in [1.29, 1.82) is 0 Å². The maximum absolute atomic E-state index is 12.4. The number of nitrogens with zero attached hydrogens (tertiary/aromatic N) is 6. The lowest BCUT2D eigenvalue weighted by Gasteiger charge is -2.27. The van der Waals surface area contributed by atoms with Crippen molar-refractivity contribution < 1.29 is 28.6 Å². The van der Waals surface area contributed by atoms with Crippen molar-refractivity contribution in [3.8, 4) is 11.5 Å². The minimum Gasteiger partial charge on any atom is -0.492 e. The van der Waals surface area contributed by atoms with Gasteiger partial charge in [-0.05, 0) is 93.9 Å². The fraction of sp³-hybridized carbons (Fsp3) is 0.341. The van der Waals surface area contributed by atoms with E-state index < -0.39 is 29.8 Å². The van der Waals surface area contributed by atoms with Gasteiger partial charge in [0, 0.05) is 21.9 Å². The van der Waals surface area contributed by atoms with Crippen LogP contribution in [0.2, 0.25) is 0 Å². The van der Waals surface area contributed by atoms with Crippen molar-refractivity contribution in [2.45, 2.75) is 77.2 Å². The van der Waals surface area contributed by atoms with E-state index in [1.807, 2.05) is 60.7 Å². The summed E-state index contributed by atoms with van der Waals surface area (Å²) in [7, 11) is 0. The number of Topliss-reactive ketones (excluding diaryl/α,β-unsaturated/α-hetero) is 2. The number of amides is 1. The molecule has 288 valence electrons. The molecule has 0 aliphatic rings. The number of benzene rings is 4. The Morgan fingerprint density at radius 3 is 1.55 bits per heavy atom. The predicted molar refractivity (Wildman–Crippen MR) is 211 cm³/mol. The van der Waals surface area contributed by atoms with Gasteiger partial charge in [-0.2, -0.15) is 0 Å². The molecule has 55 heavy (non-hydrogen) atoms. The summed E-state index contributed by atoms with van der Waals surface area (Å²) in [6.07, 6.45) is 0.361. The molecule has 4 aromatic rings. The zero-order chi connectivity index (χ0) is 40.2. The number of carbonyl (C=O) groups is 3. The van der Waals surface area contributed by atoms with Crippen molar-refractivity contribution in [2.75, 3.05) is 13.2 Å². The fourth-order valence-corrected chi connectivity index (χ4v) is 5.35. The van der Waals surface area contributed by atoms with E-state index in [2.05, 4.69) is 25.4 Å². The lowest BCUT2D eigenvalue weighted by molar-refractivity contribution is 0.0490. The lowest BCUT2D eigenvalue weighted by atomic mass is 10.0. The Bertz CT molecular complexity index is 1940. The second kappa shape index (κ2) is 22.0. The van der Waals surface area contributed by atoms with Crippen LogP contribution in [-0.2, 0) is 17.6 Å². The number of rotatable bonds is 17. The average molecular weight is 749 g/mol. The van der Waals surface area contributed by atoms with Crippen molar-refractivity contribution in [3.63, 3.8) is 0 Å². The van der Waals surface area contributed by atoms with Crippen LogP contribution in [0.5, 0.6) is 11.5 Å². The van der Waals surface area contributed by atoms with Gasteiger partial charge in [0.2, 0.25) is 0 Å². The second-order valence-electron chi connectivity index (χ2n) is 13.6. The monoisotopic (exact) mass is 748 g/mol. The Kier molecular flexibility index (Phi) is 17.2. The molecule has 4 rings (SSSR count). The number of nitrogens with two attached hydrogens (primary N) is 1. The lowest BCUT2D eigenvalue weighted by Crippen LogP contribution is -2.48. The van der Waals surface area contributed by atoms with Gasteiger partial charge in [0.25, 0.3) is 0 Å². The first-order valence-electron chi connectivity index (χ1n) is 17.7. The molecule has 0 aliphatic carbocycles. The van der Waals surface area contributed by atoms with Crippen LogP contribution in [0.3, 0.4) is 0 Å². The molecule has 0 fully saturated rings. The largest absolute Gasteiger partial charge is 0.492 e. The van der Waals surface area contributed by atoms with Crippen molar-refractivity contribution in [3.05, 3.63) is 152 Å². The van der Waals surface area contributed by atoms with E-state index in [-0.39, 0.29) is 30.8 Å². The van der Waals surface area contributed by atoms with Gasteiger partial charge in [0.1, 0.15) is 17.1 Å². The Labute approximate surface area is 321 Å². The van der Waals surface area contributed by atoms with Crippen molar-refractivity contribution in [2.24, 2.45) is 16.0 Å². The highest BCUT2D eigenvalue weighted by Gasteiger charge is 2.27.